The summed E-state index contributed by atoms with van der Waals surface area (Å²) in [4.78, 5) is 22.2. The van der Waals surface area contributed by atoms with Gasteiger partial charge in [0.2, 0.25) is 0 Å². The Labute approximate surface area is 101 Å². The topological polar surface area (TPSA) is 78.4 Å². The van der Waals surface area contributed by atoms with Gasteiger partial charge < -0.3 is 15.7 Å². The molecule has 17 heavy (non-hydrogen) atoms. The Balaban J connectivity index is 2.06. The molecule has 3 N–H and O–H groups in total. The van der Waals surface area contributed by atoms with E-state index in [9.17, 15) is 9.59 Å². The number of amides is 2. The molecule has 1 rings (SSSR count). The number of hydrogen-bond acceptors (Lipinski definition) is 2. The van der Waals surface area contributed by atoms with Crippen LogP contribution in [0, 0.1) is 17.8 Å². The number of hydrogen-bond donors (Lipinski definition) is 3. The molecule has 0 atom stereocenters. The van der Waals surface area contributed by atoms with E-state index < -0.39 is 11.4 Å². The van der Waals surface area contributed by atoms with Crippen LogP contribution in [0.3, 0.4) is 0 Å². The molecule has 0 aromatic heterocycles. The molecule has 0 aromatic rings. The van der Waals surface area contributed by atoms with Gasteiger partial charge >= 0.3 is 12.0 Å². The Bertz CT molecular complexity index is 329. The monoisotopic (exact) mass is 238 g/mol. The number of aliphatic carboxylic acids is 1. The molecule has 2 amide bonds. The molecule has 0 saturated heterocycles. The minimum Gasteiger partial charge on any atom is -0.481 e. The maximum atomic E-state index is 11.3. The van der Waals surface area contributed by atoms with Crippen molar-refractivity contribution in [2.75, 3.05) is 13.1 Å². The summed E-state index contributed by atoms with van der Waals surface area (Å²) in [6.07, 6.45) is 8.82. The number of carboxylic acids is 1. The molecule has 0 aliphatic heterocycles. The van der Waals surface area contributed by atoms with Crippen molar-refractivity contribution in [1.82, 2.24) is 10.6 Å². The molecular weight excluding hydrogens is 220 g/mol. The summed E-state index contributed by atoms with van der Waals surface area (Å²) < 4.78 is 0. The van der Waals surface area contributed by atoms with Crippen molar-refractivity contribution in [2.24, 2.45) is 5.41 Å². The highest BCUT2D eigenvalue weighted by Crippen LogP contribution is 2.45. The van der Waals surface area contributed by atoms with Crippen LogP contribution in [0.25, 0.3) is 0 Å². The lowest BCUT2D eigenvalue weighted by Gasteiger charge is -2.11. The maximum Gasteiger partial charge on any atom is 0.314 e. The van der Waals surface area contributed by atoms with Crippen molar-refractivity contribution in [2.45, 2.75) is 32.1 Å². The molecule has 5 heteroatoms. The minimum absolute atomic E-state index is 0.207. The van der Waals surface area contributed by atoms with Gasteiger partial charge in [0, 0.05) is 19.5 Å². The number of terminal acetylenes is 1. The first-order valence-corrected chi connectivity index (χ1v) is 5.79. The number of carbonyl (C=O) groups excluding carboxylic acids is 1. The quantitative estimate of drug-likeness (QED) is 0.456. The van der Waals surface area contributed by atoms with E-state index in [1.165, 1.54) is 0 Å². The molecule has 1 fully saturated rings. The second-order valence-electron chi connectivity index (χ2n) is 4.36. The molecule has 1 aliphatic rings. The Morgan fingerprint density at radius 3 is 2.53 bits per heavy atom. The zero-order valence-corrected chi connectivity index (χ0v) is 9.79. The Hall–Kier alpha value is -1.70. The van der Waals surface area contributed by atoms with Gasteiger partial charge in [-0.05, 0) is 25.7 Å². The largest absolute Gasteiger partial charge is 0.481 e. The van der Waals surface area contributed by atoms with E-state index >= 15 is 0 Å². The van der Waals surface area contributed by atoms with Crippen LogP contribution in [-0.2, 0) is 4.79 Å². The van der Waals surface area contributed by atoms with Gasteiger partial charge in [0.05, 0.1) is 5.41 Å². The summed E-state index contributed by atoms with van der Waals surface area (Å²) >= 11 is 0. The fourth-order valence-corrected chi connectivity index (χ4v) is 1.48. The third kappa shape index (κ3) is 4.35. The van der Waals surface area contributed by atoms with E-state index in [1.54, 1.807) is 0 Å². The van der Waals surface area contributed by atoms with Crippen molar-refractivity contribution in [1.29, 1.82) is 0 Å². The number of unbranched alkanes of at least 4 members (excludes halogenated alkanes) is 2. The normalized spacial score (nSPS) is 15.7. The second-order valence-corrected chi connectivity index (χ2v) is 4.36. The number of rotatable bonds is 7. The minimum atomic E-state index is -0.827. The van der Waals surface area contributed by atoms with Gasteiger partial charge in [0.25, 0.3) is 0 Å². The third-order valence-corrected chi connectivity index (χ3v) is 2.93. The first-order chi connectivity index (χ1) is 8.10. The van der Waals surface area contributed by atoms with Crippen LogP contribution >= 0.6 is 0 Å². The van der Waals surface area contributed by atoms with Crippen molar-refractivity contribution in [3.05, 3.63) is 0 Å². The van der Waals surface area contributed by atoms with E-state index in [2.05, 4.69) is 16.6 Å². The van der Waals surface area contributed by atoms with Crippen LogP contribution in [0.5, 0.6) is 0 Å². The van der Waals surface area contributed by atoms with E-state index in [0.29, 0.717) is 25.8 Å². The summed E-state index contributed by atoms with van der Waals surface area (Å²) in [5.41, 5.74) is -0.708. The van der Waals surface area contributed by atoms with Crippen LogP contribution in [-0.4, -0.2) is 30.2 Å². The molecule has 0 bridgehead atoms. The predicted molar refractivity (Wildman–Crippen MR) is 63.4 cm³/mol. The Morgan fingerprint density at radius 2 is 2.00 bits per heavy atom. The van der Waals surface area contributed by atoms with Gasteiger partial charge in [-0.2, -0.15) is 0 Å². The van der Waals surface area contributed by atoms with Crippen LogP contribution in [0.4, 0.5) is 4.79 Å². The Kier molecular flexibility index (Phi) is 4.83. The highest BCUT2D eigenvalue weighted by atomic mass is 16.4. The van der Waals surface area contributed by atoms with Crippen molar-refractivity contribution >= 4 is 12.0 Å². The van der Waals surface area contributed by atoms with Crippen LogP contribution in [0.15, 0.2) is 0 Å². The van der Waals surface area contributed by atoms with Gasteiger partial charge in [0.15, 0.2) is 0 Å². The first-order valence-electron chi connectivity index (χ1n) is 5.79. The molecule has 94 valence electrons. The highest BCUT2D eigenvalue weighted by Gasteiger charge is 2.50. The molecule has 0 heterocycles. The van der Waals surface area contributed by atoms with Crippen molar-refractivity contribution in [3.63, 3.8) is 0 Å². The lowest BCUT2D eigenvalue weighted by Crippen LogP contribution is -2.41. The first kappa shape index (κ1) is 13.4. The number of nitrogens with one attached hydrogen (secondary N) is 2. The Morgan fingerprint density at radius 1 is 1.29 bits per heavy atom. The predicted octanol–water partition coefficient (Wildman–Crippen LogP) is 0.954. The maximum absolute atomic E-state index is 11.3. The third-order valence-electron chi connectivity index (χ3n) is 2.93. The summed E-state index contributed by atoms with van der Waals surface area (Å²) in [5, 5.41) is 14.2. The smallest absolute Gasteiger partial charge is 0.314 e. The molecule has 0 spiro atoms. The van der Waals surface area contributed by atoms with Crippen LogP contribution in [0.1, 0.15) is 32.1 Å². The lowest BCUT2D eigenvalue weighted by atomic mass is 10.1. The van der Waals surface area contributed by atoms with Gasteiger partial charge in [-0.25, -0.2) is 4.79 Å². The zero-order valence-electron chi connectivity index (χ0n) is 9.79. The standard InChI is InChI=1S/C12H18N2O3/c1-2-3-4-5-8-13-11(17)14-9-12(6-7-12)10(15)16/h1H,3-9H2,(H,15,16)(H2,13,14,17). The van der Waals surface area contributed by atoms with Crippen molar-refractivity contribution in [3.8, 4) is 12.3 Å². The number of urea groups is 1. The average molecular weight is 238 g/mol. The SMILES string of the molecule is C#CCCCCNC(=O)NCC1(C(=O)O)CC1. The van der Waals surface area contributed by atoms with E-state index in [4.69, 9.17) is 11.5 Å². The highest BCUT2D eigenvalue weighted by molar-refractivity contribution is 5.80. The van der Waals surface area contributed by atoms with Gasteiger partial charge in [0.1, 0.15) is 0 Å². The molecule has 1 saturated carbocycles. The molecule has 1 aliphatic carbocycles. The molecule has 0 aromatic carbocycles. The average Bonchev–Trinajstić information content (AvgIpc) is 3.07. The van der Waals surface area contributed by atoms with Gasteiger partial charge in [-0.1, -0.05) is 0 Å². The molecule has 0 unspecified atom stereocenters. The fourth-order valence-electron chi connectivity index (χ4n) is 1.48. The number of carbonyl (C=O) groups is 2. The van der Waals surface area contributed by atoms with Crippen LogP contribution < -0.4 is 10.6 Å². The van der Waals surface area contributed by atoms with Gasteiger partial charge in [-0.15, -0.1) is 12.3 Å². The van der Waals surface area contributed by atoms with Crippen LogP contribution in [0.2, 0.25) is 0 Å². The van der Waals surface area contributed by atoms with Crippen molar-refractivity contribution < 1.29 is 14.7 Å². The number of carboxylic acid groups (broad SMARTS) is 1. The lowest BCUT2D eigenvalue weighted by molar-refractivity contribution is -0.143. The summed E-state index contributed by atoms with van der Waals surface area (Å²) in [6, 6.07) is -0.307. The molecular formula is C12H18N2O3. The second kappa shape index (κ2) is 6.14. The van der Waals surface area contributed by atoms with E-state index in [0.717, 1.165) is 12.8 Å². The zero-order chi connectivity index (χ0) is 12.7. The summed E-state index contributed by atoms with van der Waals surface area (Å²) in [6.45, 7) is 0.770. The molecule has 0 radical (unpaired) electrons. The van der Waals surface area contributed by atoms with E-state index in [-0.39, 0.29) is 12.6 Å². The molecule has 5 nitrogen and oxygen atoms in total. The van der Waals surface area contributed by atoms with Gasteiger partial charge in [-0.3, -0.25) is 4.79 Å². The summed E-state index contributed by atoms with van der Waals surface area (Å²) in [7, 11) is 0. The van der Waals surface area contributed by atoms with E-state index in [1.807, 2.05) is 0 Å². The fraction of sp³-hybridized carbons (Fsp3) is 0.667. The summed E-state index contributed by atoms with van der Waals surface area (Å²) in [5.74, 6) is 1.70.